The molecule has 2 aromatic rings. The van der Waals surface area contributed by atoms with Gasteiger partial charge in [0.05, 0.1) is 0 Å². The fourth-order valence-electron chi connectivity index (χ4n) is 2.50. The summed E-state index contributed by atoms with van der Waals surface area (Å²) in [7, 11) is 0. The van der Waals surface area contributed by atoms with Gasteiger partial charge >= 0.3 is 0 Å². The first kappa shape index (κ1) is 12.7. The van der Waals surface area contributed by atoms with Gasteiger partial charge in [0.1, 0.15) is 5.69 Å². The van der Waals surface area contributed by atoms with Crippen LogP contribution in [0, 0.1) is 0 Å². The minimum Gasteiger partial charge on any atom is -0.329 e. The van der Waals surface area contributed by atoms with Crippen LogP contribution in [0.3, 0.4) is 0 Å². The van der Waals surface area contributed by atoms with E-state index in [1.807, 2.05) is 30.0 Å². The van der Waals surface area contributed by atoms with Crippen LogP contribution in [0.25, 0.3) is 5.57 Å². The van der Waals surface area contributed by atoms with Crippen LogP contribution in [-0.4, -0.2) is 33.7 Å². The summed E-state index contributed by atoms with van der Waals surface area (Å²) in [5.74, 6) is 0.0477. The highest BCUT2D eigenvalue weighted by molar-refractivity contribution is 5.94. The molecule has 0 bridgehead atoms. The molecule has 0 aliphatic carbocycles. The van der Waals surface area contributed by atoms with Gasteiger partial charge in [-0.1, -0.05) is 36.4 Å². The summed E-state index contributed by atoms with van der Waals surface area (Å²) in [6.45, 7) is 4.03. The number of carbonyl (C=O) groups is 1. The molecule has 20 heavy (non-hydrogen) atoms. The van der Waals surface area contributed by atoms with Gasteiger partial charge in [-0.25, -0.2) is 0 Å². The van der Waals surface area contributed by atoms with Crippen LogP contribution in [0.5, 0.6) is 0 Å². The van der Waals surface area contributed by atoms with Gasteiger partial charge in [-0.2, -0.15) is 5.10 Å². The number of hydrogen-bond acceptors (Lipinski definition) is 2. The molecule has 4 nitrogen and oxygen atoms in total. The van der Waals surface area contributed by atoms with E-state index in [1.165, 1.54) is 11.1 Å². The summed E-state index contributed by atoms with van der Waals surface area (Å²) < 4.78 is 1.74. The zero-order valence-electron chi connectivity index (χ0n) is 11.5. The van der Waals surface area contributed by atoms with Crippen LogP contribution in [-0.2, 0) is 6.54 Å². The van der Waals surface area contributed by atoms with Crippen LogP contribution in [0.1, 0.15) is 23.0 Å². The van der Waals surface area contributed by atoms with Crippen molar-refractivity contribution < 1.29 is 4.79 Å². The Morgan fingerprint density at radius 3 is 2.80 bits per heavy atom. The van der Waals surface area contributed by atoms with Crippen molar-refractivity contribution in [3.05, 3.63) is 59.9 Å². The predicted octanol–water partition coefficient (Wildman–Crippen LogP) is 2.44. The fourth-order valence-corrected chi connectivity index (χ4v) is 2.50. The Bertz CT molecular complexity index is 643. The molecule has 0 saturated heterocycles. The van der Waals surface area contributed by atoms with Crippen LogP contribution in [0.2, 0.25) is 0 Å². The van der Waals surface area contributed by atoms with Crippen LogP contribution in [0.4, 0.5) is 0 Å². The van der Waals surface area contributed by atoms with Crippen LogP contribution >= 0.6 is 0 Å². The molecule has 4 heteroatoms. The van der Waals surface area contributed by atoms with Gasteiger partial charge in [0.15, 0.2) is 0 Å². The van der Waals surface area contributed by atoms with E-state index >= 15 is 0 Å². The maximum Gasteiger partial charge on any atom is 0.272 e. The van der Waals surface area contributed by atoms with E-state index in [4.69, 9.17) is 0 Å². The number of carbonyl (C=O) groups excluding carboxylic acids is 1. The smallest absolute Gasteiger partial charge is 0.272 e. The SMILES string of the molecule is CCn1nccc1C(=O)N1CC=C(c2ccccc2)C1. The number of aromatic nitrogens is 2. The summed E-state index contributed by atoms with van der Waals surface area (Å²) in [5, 5.41) is 4.16. The van der Waals surface area contributed by atoms with Crippen LogP contribution in [0.15, 0.2) is 48.7 Å². The van der Waals surface area contributed by atoms with Gasteiger partial charge in [-0.05, 0) is 24.1 Å². The van der Waals surface area contributed by atoms with Crippen molar-refractivity contribution in [1.29, 1.82) is 0 Å². The summed E-state index contributed by atoms with van der Waals surface area (Å²) in [5.41, 5.74) is 3.06. The van der Waals surface area contributed by atoms with E-state index in [0.29, 0.717) is 25.3 Å². The second-order valence-electron chi connectivity index (χ2n) is 4.81. The van der Waals surface area contributed by atoms with Gasteiger partial charge < -0.3 is 4.90 Å². The first-order chi connectivity index (χ1) is 9.79. The number of aryl methyl sites for hydroxylation is 1. The quantitative estimate of drug-likeness (QED) is 0.856. The lowest BCUT2D eigenvalue weighted by Crippen LogP contribution is -2.30. The molecule has 1 aliphatic rings. The lowest BCUT2D eigenvalue weighted by Gasteiger charge is -2.17. The van der Waals surface area contributed by atoms with E-state index in [1.54, 1.807) is 16.9 Å². The van der Waals surface area contributed by atoms with E-state index in [9.17, 15) is 4.79 Å². The van der Waals surface area contributed by atoms with Crippen molar-refractivity contribution in [2.24, 2.45) is 0 Å². The van der Waals surface area contributed by atoms with Gasteiger partial charge in [0.25, 0.3) is 5.91 Å². The fraction of sp³-hybridized carbons (Fsp3) is 0.250. The molecule has 1 amide bonds. The van der Waals surface area contributed by atoms with E-state index < -0.39 is 0 Å². The Morgan fingerprint density at radius 1 is 1.25 bits per heavy atom. The average Bonchev–Trinajstić information content (AvgIpc) is 3.16. The first-order valence-electron chi connectivity index (χ1n) is 6.85. The second-order valence-corrected chi connectivity index (χ2v) is 4.81. The molecule has 0 saturated carbocycles. The Balaban J connectivity index is 1.75. The lowest BCUT2D eigenvalue weighted by molar-refractivity contribution is 0.0789. The van der Waals surface area contributed by atoms with Crippen LogP contribution < -0.4 is 0 Å². The van der Waals surface area contributed by atoms with Crippen molar-refractivity contribution in [3.63, 3.8) is 0 Å². The maximum absolute atomic E-state index is 12.5. The summed E-state index contributed by atoms with van der Waals surface area (Å²) in [6.07, 6.45) is 3.80. The summed E-state index contributed by atoms with van der Waals surface area (Å²) >= 11 is 0. The molecule has 0 atom stereocenters. The highest BCUT2D eigenvalue weighted by Crippen LogP contribution is 2.22. The minimum absolute atomic E-state index is 0.0477. The molecule has 0 spiro atoms. The van der Waals surface area contributed by atoms with E-state index in [0.717, 1.165) is 0 Å². The average molecular weight is 267 g/mol. The number of benzene rings is 1. The zero-order chi connectivity index (χ0) is 13.9. The molecule has 0 unspecified atom stereocenters. The molecule has 2 heterocycles. The zero-order valence-corrected chi connectivity index (χ0v) is 11.5. The normalized spacial score (nSPS) is 14.4. The van der Waals surface area contributed by atoms with Crippen molar-refractivity contribution in [2.75, 3.05) is 13.1 Å². The molecule has 0 N–H and O–H groups in total. The maximum atomic E-state index is 12.5. The Kier molecular flexibility index (Phi) is 3.37. The number of amides is 1. The highest BCUT2D eigenvalue weighted by atomic mass is 16.2. The third kappa shape index (κ3) is 2.25. The highest BCUT2D eigenvalue weighted by Gasteiger charge is 2.23. The summed E-state index contributed by atoms with van der Waals surface area (Å²) in [6, 6.07) is 12.0. The van der Waals surface area contributed by atoms with Gasteiger partial charge in [-0.3, -0.25) is 9.48 Å². The van der Waals surface area contributed by atoms with Gasteiger partial charge in [-0.15, -0.1) is 0 Å². The largest absolute Gasteiger partial charge is 0.329 e. The lowest BCUT2D eigenvalue weighted by atomic mass is 10.1. The first-order valence-corrected chi connectivity index (χ1v) is 6.85. The summed E-state index contributed by atoms with van der Waals surface area (Å²) in [4.78, 5) is 14.3. The Hall–Kier alpha value is -2.36. The number of nitrogens with zero attached hydrogens (tertiary/aromatic N) is 3. The number of hydrogen-bond donors (Lipinski definition) is 0. The molecule has 3 rings (SSSR count). The molecule has 1 aromatic carbocycles. The topological polar surface area (TPSA) is 38.1 Å². The Morgan fingerprint density at radius 2 is 2.05 bits per heavy atom. The molecule has 1 aliphatic heterocycles. The van der Waals surface area contributed by atoms with Crippen molar-refractivity contribution in [1.82, 2.24) is 14.7 Å². The van der Waals surface area contributed by atoms with Gasteiger partial charge in [0.2, 0.25) is 0 Å². The molecule has 0 fully saturated rings. The van der Waals surface area contributed by atoms with Gasteiger partial charge in [0, 0.05) is 25.8 Å². The monoisotopic (exact) mass is 267 g/mol. The molecule has 0 radical (unpaired) electrons. The van der Waals surface area contributed by atoms with E-state index in [2.05, 4.69) is 23.3 Å². The standard InChI is InChI=1S/C16H17N3O/c1-2-19-15(8-10-17-19)16(20)18-11-9-14(12-18)13-6-4-3-5-7-13/h3-10H,2,11-12H2,1H3. The molecular weight excluding hydrogens is 250 g/mol. The van der Waals surface area contributed by atoms with Crippen molar-refractivity contribution in [3.8, 4) is 0 Å². The predicted molar refractivity (Wildman–Crippen MR) is 78.2 cm³/mol. The van der Waals surface area contributed by atoms with E-state index in [-0.39, 0.29) is 5.91 Å². The molecule has 102 valence electrons. The second kappa shape index (κ2) is 5.33. The van der Waals surface area contributed by atoms with Crippen molar-refractivity contribution >= 4 is 11.5 Å². The third-order valence-electron chi connectivity index (χ3n) is 3.59. The minimum atomic E-state index is 0.0477. The number of rotatable bonds is 3. The molecular formula is C16H17N3O. The Labute approximate surface area is 118 Å². The molecule has 1 aromatic heterocycles. The van der Waals surface area contributed by atoms with Crippen molar-refractivity contribution in [2.45, 2.75) is 13.5 Å². The third-order valence-corrected chi connectivity index (χ3v) is 3.59.